The molecule has 14 atom stereocenters. The highest BCUT2D eigenvalue weighted by atomic mass is 35.5. The molecule has 44 heteroatoms. The van der Waals surface area contributed by atoms with Gasteiger partial charge >= 0.3 is 17.9 Å². The normalized spacial score (nSPS) is 15.4. The number of aromatic amines is 1. The second-order valence-corrected chi connectivity index (χ2v) is 37.3. The Bertz CT molecular complexity index is 5670. The fraction of sp³-hybridized carbons (Fsp3) is 0.457. The number of likely N-dealkylation sites (tertiary alicyclic amines) is 1. The Kier molecular flexibility index (Phi) is 39.5. The summed E-state index contributed by atoms with van der Waals surface area (Å²) in [5.41, 5.74) is 5.33. The van der Waals surface area contributed by atoms with Crippen molar-refractivity contribution in [2.45, 2.75) is 232 Å². The quantitative estimate of drug-likeness (QED) is 0.0140. The number of fused-ring (bicyclic) bond motifs is 2. The highest BCUT2D eigenvalue weighted by Gasteiger charge is 2.44. The van der Waals surface area contributed by atoms with E-state index in [9.17, 15) is 112 Å². The Balaban J connectivity index is 0.895. The number of hydrogen-bond donors (Lipinski definition) is 21. The zero-order valence-corrected chi connectivity index (χ0v) is 80.3. The number of imidazole rings is 1. The van der Waals surface area contributed by atoms with Crippen molar-refractivity contribution in [2.24, 2.45) is 28.4 Å². The van der Waals surface area contributed by atoms with Crippen LogP contribution in [0.5, 0.6) is 11.5 Å². The molecule has 22 N–H and O–H groups in total. The van der Waals surface area contributed by atoms with Crippen molar-refractivity contribution in [1.29, 1.82) is 0 Å². The zero-order chi connectivity index (χ0) is 102. The van der Waals surface area contributed by atoms with Crippen LogP contribution in [0.1, 0.15) is 179 Å². The maximum atomic E-state index is 14.7. The molecule has 1 aromatic heterocycles. The summed E-state index contributed by atoms with van der Waals surface area (Å²) < 4.78 is 5.93. The van der Waals surface area contributed by atoms with Gasteiger partial charge < -0.3 is 120 Å². The van der Waals surface area contributed by atoms with Crippen LogP contribution in [-0.2, 0) is 80.0 Å². The number of primary amides is 1. The Labute approximate surface area is 809 Å². The molecule has 1 fully saturated rings. The van der Waals surface area contributed by atoms with E-state index in [4.69, 9.17) is 45.6 Å². The average Bonchev–Trinajstić information content (AvgIpc) is 0.819. The van der Waals surface area contributed by atoms with Gasteiger partial charge in [-0.1, -0.05) is 130 Å². The first kappa shape index (κ1) is 109. The number of nitrogens with one attached hydrogen (secondary N) is 14. The molecule has 0 radical (unpaired) electrons. The number of hydrogen-bond acceptors (Lipinski definition) is 23. The van der Waals surface area contributed by atoms with Crippen LogP contribution in [-0.4, -0.2) is 238 Å². The minimum Gasteiger partial charge on any atom is -0.508 e. The Morgan fingerprint density at radius 1 is 0.580 bits per heavy atom. The third-order valence-electron chi connectivity index (χ3n) is 23.4. The van der Waals surface area contributed by atoms with E-state index in [-0.39, 0.29) is 130 Å². The maximum Gasteiger partial charge on any atom is 0.336 e. The van der Waals surface area contributed by atoms with Gasteiger partial charge in [0.05, 0.1) is 45.8 Å². The summed E-state index contributed by atoms with van der Waals surface area (Å²) in [4.78, 5) is 243. The summed E-state index contributed by atoms with van der Waals surface area (Å²) in [5.74, 6) is -18.1. The summed E-state index contributed by atoms with van der Waals surface area (Å²) in [6, 6.07) is 5.67. The van der Waals surface area contributed by atoms with E-state index >= 15 is 0 Å². The van der Waals surface area contributed by atoms with Crippen LogP contribution >= 0.6 is 35.4 Å². The molecule has 1 aliphatic carbocycles. The number of nitrogens with zero attached hydrogens (tertiary/aromatic N) is 2. The molecule has 41 nitrogen and oxygen atoms in total. The molecule has 4 aromatic carbocycles. The number of amides is 13. The van der Waals surface area contributed by atoms with Crippen molar-refractivity contribution < 1.29 is 112 Å². The molecule has 0 unspecified atom stereocenters. The number of aromatic nitrogens is 2. The number of carbonyl (C=O) groups is 16. The van der Waals surface area contributed by atoms with Crippen molar-refractivity contribution in [2.75, 3.05) is 25.0 Å². The van der Waals surface area contributed by atoms with Crippen LogP contribution in [0, 0.1) is 22.7 Å². The second-order valence-electron chi connectivity index (χ2n) is 36.1. The lowest BCUT2D eigenvalue weighted by atomic mass is 9.84. The number of H-pyrrole nitrogens is 1. The smallest absolute Gasteiger partial charge is 0.336 e. The predicted molar refractivity (Wildman–Crippen MR) is 511 cm³/mol. The molecule has 3 aliphatic rings. The first-order valence-electron chi connectivity index (χ1n) is 44.8. The minimum atomic E-state index is -1.88. The standard InChI is InChI=1S/C94H119Cl2N17O24S/c1-12-46(3)74(108-90(134)78(94(9,10)11)112-88(132)75(47(4)13-2)109-89(133)77(93(6,7)8)111-80(124)58-18-16-19-60(95)73(58)96)87(131)110-76(48(5)114)86(130)100-44-69(118)113-37-17-21-66(113)85(129)107-65(40-51-43-98-45-101-51)84(128)105-62(32-34-70(119)120)81(125)104-63(33-35-71(121)122)82(126)106-64(38-49-22-25-52(115)26-23-49)83(127)103-61(79(97)123)20-14-15-36-99-92(138)102-50-24-29-55(59(39-50)91(135)136)72-56-30-27-53(116)41-67(56)137-68-42-54(117)28-31-57(68)72/h16,18-19,22-31,39,41-43,45-48,61-66,74-78,114-116H,12-15,17,20-21,32-38,40,44H2,1-11H3,(H2,97,123)(H,98,101)(H,100,130)(H,103,127)(H,104,125)(H,105,128)(H,106,126)(H,107,129)(H,108,134)(H,109,133)(H,110,131)(H,111,124)(H,112,132)(H,119,120)(H,121,122)(H,135,136)(H2,99,102,138)/t46-,47-,48+,61-,62-,63-,64-,65-,66-,74-,75-,76-,77+,78+/m0/s1. The number of carboxylic acid groups (broad SMARTS) is 3. The fourth-order valence-corrected chi connectivity index (χ4v) is 15.9. The van der Waals surface area contributed by atoms with Gasteiger partial charge in [-0.3, -0.25) is 76.7 Å². The third-order valence-corrected chi connectivity index (χ3v) is 24.5. The molecule has 0 saturated carbocycles. The molecule has 1 saturated heterocycles. The molecule has 2 aliphatic heterocycles. The number of aliphatic hydroxyl groups is 1. The molecule has 0 bridgehead atoms. The predicted octanol–water partition coefficient (Wildman–Crippen LogP) is 4.70. The first-order valence-corrected chi connectivity index (χ1v) is 46.0. The topological polar surface area (TPSA) is 639 Å². The number of thiocarbonyl (C=S) groups is 1. The molecule has 744 valence electrons. The first-order chi connectivity index (χ1) is 65.0. The molecule has 138 heavy (non-hydrogen) atoms. The minimum absolute atomic E-state index is 0.000532. The molecule has 8 rings (SSSR count). The molecular weight excluding hydrogens is 1850 g/mol. The van der Waals surface area contributed by atoms with E-state index in [2.05, 4.69) is 79.1 Å². The number of rotatable bonds is 47. The molecule has 0 spiro atoms. The van der Waals surface area contributed by atoms with Crippen LogP contribution < -0.4 is 80.3 Å². The van der Waals surface area contributed by atoms with Crippen molar-refractivity contribution in [3.63, 3.8) is 0 Å². The SMILES string of the molecule is CC[C@H](C)[C@H](NC(=O)[C@@H](NC(=O)c1cccc(Cl)c1Cl)C(C)(C)C)C(=O)N[C@H](C(=O)N[C@H](C(=O)N[C@H](C(=O)NCC(=O)N1CCC[C@H]1C(=O)N[C@@H](Cc1c[nH]cn1)C(=O)N[C@@H](CCC(=O)O)C(=O)N[C@@H](CCC(=O)O)C(=O)N[C@@H](Cc1ccc(O)cc1)C(=O)N[C@@H](CCCCNC(=S)Nc1ccc(-c2c3ccc(=O)cc-3oc3cc(O)ccc23)c(C(=O)O)c1)C(N)=O)[C@@H](C)O)[C@@H](C)CC)C(C)(C)C. The lowest BCUT2D eigenvalue weighted by Crippen LogP contribution is -2.64. The van der Waals surface area contributed by atoms with Gasteiger partial charge in [0.25, 0.3) is 5.91 Å². The highest BCUT2D eigenvalue weighted by Crippen LogP contribution is 2.43. The summed E-state index contributed by atoms with van der Waals surface area (Å²) in [6.45, 7) is 17.3. The number of unbranched alkanes of at least 4 members (excludes halogenated alkanes) is 1. The lowest BCUT2D eigenvalue weighted by Gasteiger charge is -2.36. The Morgan fingerprint density at radius 2 is 1.13 bits per heavy atom. The Morgan fingerprint density at radius 3 is 1.69 bits per heavy atom. The number of anilines is 1. The summed E-state index contributed by atoms with van der Waals surface area (Å²) in [6.07, 6.45) is -1.61. The van der Waals surface area contributed by atoms with E-state index < -0.39 is 229 Å². The second kappa shape index (κ2) is 49.8. The number of phenols is 2. The molecule has 5 aromatic rings. The van der Waals surface area contributed by atoms with Crippen LogP contribution in [0.2, 0.25) is 10.0 Å². The number of nitrogens with two attached hydrogens (primary N) is 1. The number of phenolic OH excluding ortho intramolecular Hbond substituents is 2. The number of aliphatic carboxylic acids is 2. The van der Waals surface area contributed by atoms with Gasteiger partial charge in [0, 0.05) is 79.3 Å². The van der Waals surface area contributed by atoms with E-state index in [0.29, 0.717) is 28.5 Å². The Hall–Kier alpha value is -13.9. The monoisotopic (exact) mass is 1970 g/mol. The van der Waals surface area contributed by atoms with Crippen molar-refractivity contribution in [3.05, 3.63) is 152 Å². The van der Waals surface area contributed by atoms with E-state index in [1.165, 1.54) is 98.3 Å². The number of aromatic carboxylic acids is 1. The van der Waals surface area contributed by atoms with Gasteiger partial charge in [0.1, 0.15) is 89.3 Å². The molecule has 3 heterocycles. The van der Waals surface area contributed by atoms with Gasteiger partial charge in [0.15, 0.2) is 10.5 Å². The van der Waals surface area contributed by atoms with Crippen molar-refractivity contribution in [3.8, 4) is 33.9 Å². The number of halogens is 2. The molecular formula is C94H119Cl2N17O24S. The van der Waals surface area contributed by atoms with Crippen LogP contribution in [0.4, 0.5) is 5.69 Å². The van der Waals surface area contributed by atoms with Crippen molar-refractivity contribution in [1.82, 2.24) is 78.7 Å². The average molecular weight is 1970 g/mol. The maximum absolute atomic E-state index is 14.7. The van der Waals surface area contributed by atoms with E-state index in [1.54, 1.807) is 87.4 Å². The van der Waals surface area contributed by atoms with Crippen LogP contribution in [0.3, 0.4) is 0 Å². The number of carboxylic acids is 3. The zero-order valence-electron chi connectivity index (χ0n) is 78.0. The fourth-order valence-electron chi connectivity index (χ4n) is 15.3. The van der Waals surface area contributed by atoms with Crippen LogP contribution in [0.15, 0.2) is 119 Å². The van der Waals surface area contributed by atoms with Gasteiger partial charge in [-0.05, 0) is 159 Å². The van der Waals surface area contributed by atoms with E-state index in [0.717, 1.165) is 4.90 Å². The van der Waals surface area contributed by atoms with Gasteiger partial charge in [-0.15, -0.1) is 0 Å². The van der Waals surface area contributed by atoms with Gasteiger partial charge in [0.2, 0.25) is 70.9 Å². The number of aliphatic hydroxyl groups excluding tert-OH is 1. The number of benzene rings is 5. The van der Waals surface area contributed by atoms with Gasteiger partial charge in [-0.25, -0.2) is 9.78 Å². The lowest BCUT2D eigenvalue weighted by molar-refractivity contribution is -0.141. The van der Waals surface area contributed by atoms with Crippen molar-refractivity contribution >= 4 is 152 Å². The largest absolute Gasteiger partial charge is 0.508 e. The summed E-state index contributed by atoms with van der Waals surface area (Å²) in [5, 5.41) is 96.5. The molecule has 13 amide bonds. The van der Waals surface area contributed by atoms with Crippen LogP contribution in [0.25, 0.3) is 33.4 Å². The summed E-state index contributed by atoms with van der Waals surface area (Å²) in [7, 11) is 0. The summed E-state index contributed by atoms with van der Waals surface area (Å²) >= 11 is 18.1. The number of aromatic hydroxyl groups is 2. The van der Waals surface area contributed by atoms with Gasteiger partial charge in [-0.2, -0.15) is 0 Å². The third kappa shape index (κ3) is 30.8. The van der Waals surface area contributed by atoms with E-state index in [1.807, 2.05) is 0 Å². The number of carbonyl (C=O) groups excluding carboxylic acids is 13. The highest BCUT2D eigenvalue weighted by molar-refractivity contribution is 7.80.